The van der Waals surface area contributed by atoms with Crippen LogP contribution in [0.2, 0.25) is 0 Å². The van der Waals surface area contributed by atoms with Crippen molar-refractivity contribution in [3.63, 3.8) is 0 Å². The summed E-state index contributed by atoms with van der Waals surface area (Å²) < 4.78 is 0. The largest absolute Gasteiger partial charge is 0.342 e. The molecule has 0 saturated heterocycles. The molecule has 25 heavy (non-hydrogen) atoms. The molecule has 3 N–H and O–H groups in total. The van der Waals surface area contributed by atoms with Gasteiger partial charge in [-0.3, -0.25) is 9.59 Å². The van der Waals surface area contributed by atoms with Gasteiger partial charge in [0.2, 0.25) is 5.82 Å². The van der Waals surface area contributed by atoms with Crippen LogP contribution in [0, 0.1) is 6.92 Å². The molecule has 0 aliphatic heterocycles. The van der Waals surface area contributed by atoms with Crippen molar-refractivity contribution in [2.24, 2.45) is 0 Å². The fraction of sp³-hybridized carbons (Fsp3) is 0.235. The van der Waals surface area contributed by atoms with Crippen molar-refractivity contribution in [3.8, 4) is 11.4 Å². The van der Waals surface area contributed by atoms with Gasteiger partial charge in [-0.2, -0.15) is 5.21 Å². The molecule has 1 aromatic carbocycles. The van der Waals surface area contributed by atoms with E-state index >= 15 is 0 Å². The Morgan fingerprint density at radius 2 is 2.00 bits per heavy atom. The number of pyridine rings is 1. The van der Waals surface area contributed by atoms with Crippen LogP contribution in [0.5, 0.6) is 0 Å². The Labute approximate surface area is 142 Å². The maximum atomic E-state index is 12.5. The van der Waals surface area contributed by atoms with Crippen LogP contribution in [-0.2, 0) is 5.54 Å². The summed E-state index contributed by atoms with van der Waals surface area (Å²) in [5, 5.41) is 17.0. The lowest BCUT2D eigenvalue weighted by Gasteiger charge is -2.18. The number of benzene rings is 1. The lowest BCUT2D eigenvalue weighted by molar-refractivity contribution is 0.0930. The van der Waals surface area contributed by atoms with E-state index in [9.17, 15) is 9.59 Å². The molecule has 126 valence electrons. The van der Waals surface area contributed by atoms with E-state index < -0.39 is 0 Å². The molecule has 1 aliphatic carbocycles. The molecule has 8 heteroatoms. The van der Waals surface area contributed by atoms with Crippen LogP contribution >= 0.6 is 0 Å². The third-order valence-corrected chi connectivity index (χ3v) is 4.49. The highest BCUT2D eigenvalue weighted by Crippen LogP contribution is 2.45. The van der Waals surface area contributed by atoms with Crippen LogP contribution in [0.15, 0.2) is 41.3 Å². The number of hydrogen-bond acceptors (Lipinski definition) is 5. The fourth-order valence-electron chi connectivity index (χ4n) is 2.85. The van der Waals surface area contributed by atoms with Crippen LogP contribution < -0.4 is 10.9 Å². The van der Waals surface area contributed by atoms with E-state index in [1.807, 2.05) is 24.3 Å². The first-order valence-electron chi connectivity index (χ1n) is 7.94. The maximum absolute atomic E-state index is 12.5. The second-order valence-electron chi connectivity index (χ2n) is 6.25. The number of aryl methyl sites for hydroxylation is 1. The van der Waals surface area contributed by atoms with Gasteiger partial charge in [0, 0.05) is 17.3 Å². The van der Waals surface area contributed by atoms with E-state index in [0.29, 0.717) is 17.0 Å². The quantitative estimate of drug-likeness (QED) is 0.663. The zero-order valence-corrected chi connectivity index (χ0v) is 13.5. The van der Waals surface area contributed by atoms with Crippen molar-refractivity contribution in [2.45, 2.75) is 25.3 Å². The third kappa shape index (κ3) is 2.82. The molecule has 0 unspecified atom stereocenters. The number of aromatic amines is 2. The van der Waals surface area contributed by atoms with Crippen LogP contribution in [0.1, 0.15) is 34.3 Å². The first-order chi connectivity index (χ1) is 12.1. The van der Waals surface area contributed by atoms with Crippen LogP contribution in [-0.4, -0.2) is 31.5 Å². The standard InChI is InChI=1S/C17H16N6O2/c1-10-8-12(9-18-15(10)24)16(25)19-17(6-7-17)13-4-2-11(3-5-13)14-20-22-23-21-14/h2-5,8-9H,6-7H2,1H3,(H,18,24)(H,19,25)(H,20,21,22,23). The molecule has 1 amide bonds. The van der Waals surface area contributed by atoms with Crippen LogP contribution in [0.4, 0.5) is 0 Å². The van der Waals surface area contributed by atoms with Crippen molar-refractivity contribution in [3.05, 3.63) is 63.6 Å². The van der Waals surface area contributed by atoms with Crippen molar-refractivity contribution < 1.29 is 4.79 Å². The summed E-state index contributed by atoms with van der Waals surface area (Å²) in [6.07, 6.45) is 3.20. The van der Waals surface area contributed by atoms with Crippen LogP contribution in [0.3, 0.4) is 0 Å². The van der Waals surface area contributed by atoms with Crippen molar-refractivity contribution in [1.29, 1.82) is 0 Å². The van der Waals surface area contributed by atoms with Gasteiger partial charge in [0.05, 0.1) is 11.1 Å². The molecular weight excluding hydrogens is 320 g/mol. The molecule has 3 aromatic rings. The van der Waals surface area contributed by atoms with Gasteiger partial charge in [-0.05, 0) is 36.6 Å². The zero-order chi connectivity index (χ0) is 17.4. The molecule has 0 atom stereocenters. The number of rotatable bonds is 4. The fourth-order valence-corrected chi connectivity index (χ4v) is 2.85. The van der Waals surface area contributed by atoms with Crippen LogP contribution in [0.25, 0.3) is 11.4 Å². The molecule has 1 saturated carbocycles. The number of aromatic nitrogens is 5. The van der Waals surface area contributed by atoms with Gasteiger partial charge in [-0.15, -0.1) is 10.2 Å². The minimum absolute atomic E-state index is 0.185. The topological polar surface area (TPSA) is 116 Å². The minimum Gasteiger partial charge on any atom is -0.342 e. The first kappa shape index (κ1) is 15.3. The Morgan fingerprint density at radius 1 is 1.24 bits per heavy atom. The second-order valence-corrected chi connectivity index (χ2v) is 6.25. The van der Waals surface area contributed by atoms with Crippen molar-refractivity contribution >= 4 is 5.91 Å². The molecule has 2 heterocycles. The number of nitrogens with one attached hydrogen (secondary N) is 3. The van der Waals surface area contributed by atoms with Gasteiger partial charge in [-0.25, -0.2) is 0 Å². The number of hydrogen-bond donors (Lipinski definition) is 3. The summed E-state index contributed by atoms with van der Waals surface area (Å²) in [6.45, 7) is 1.68. The average molecular weight is 336 g/mol. The number of nitrogens with zero attached hydrogens (tertiary/aromatic N) is 3. The first-order valence-corrected chi connectivity index (χ1v) is 7.94. The van der Waals surface area contributed by atoms with Gasteiger partial charge in [0.1, 0.15) is 0 Å². The van der Waals surface area contributed by atoms with E-state index in [0.717, 1.165) is 24.0 Å². The summed E-state index contributed by atoms with van der Waals surface area (Å²) in [6, 6.07) is 9.37. The van der Waals surface area contributed by atoms with E-state index in [2.05, 4.69) is 30.9 Å². The van der Waals surface area contributed by atoms with Gasteiger partial charge in [0.15, 0.2) is 0 Å². The molecule has 1 aliphatic rings. The highest BCUT2D eigenvalue weighted by Gasteiger charge is 2.45. The number of H-pyrrole nitrogens is 2. The monoisotopic (exact) mass is 336 g/mol. The summed E-state index contributed by atoms with van der Waals surface area (Å²) in [7, 11) is 0. The number of carbonyl (C=O) groups is 1. The number of tetrazole rings is 1. The van der Waals surface area contributed by atoms with Gasteiger partial charge in [0.25, 0.3) is 11.5 Å². The number of carbonyl (C=O) groups excluding carboxylic acids is 1. The minimum atomic E-state index is -0.350. The predicted octanol–water partition coefficient (Wildman–Crippen LogP) is 1.28. The van der Waals surface area contributed by atoms with E-state index in [1.54, 1.807) is 13.0 Å². The third-order valence-electron chi connectivity index (χ3n) is 4.49. The summed E-state index contributed by atoms with van der Waals surface area (Å²) in [5.74, 6) is 0.336. The summed E-state index contributed by atoms with van der Waals surface area (Å²) >= 11 is 0. The summed E-state index contributed by atoms with van der Waals surface area (Å²) in [5.41, 5.74) is 2.32. The molecular formula is C17H16N6O2. The van der Waals surface area contributed by atoms with Gasteiger partial charge >= 0.3 is 0 Å². The molecule has 0 bridgehead atoms. The Morgan fingerprint density at radius 3 is 2.60 bits per heavy atom. The molecule has 4 rings (SSSR count). The highest BCUT2D eigenvalue weighted by molar-refractivity contribution is 5.94. The highest BCUT2D eigenvalue weighted by atomic mass is 16.2. The average Bonchev–Trinajstić information content (AvgIpc) is 3.19. The normalized spacial score (nSPS) is 14.9. The lowest BCUT2D eigenvalue weighted by Crippen LogP contribution is -2.35. The zero-order valence-electron chi connectivity index (χ0n) is 13.5. The Kier molecular flexibility index (Phi) is 3.45. The predicted molar refractivity (Wildman–Crippen MR) is 89.8 cm³/mol. The molecule has 0 spiro atoms. The number of amides is 1. The molecule has 8 nitrogen and oxygen atoms in total. The van der Waals surface area contributed by atoms with Gasteiger partial charge < -0.3 is 10.3 Å². The summed E-state index contributed by atoms with van der Waals surface area (Å²) in [4.78, 5) is 26.5. The van der Waals surface area contributed by atoms with Crippen molar-refractivity contribution in [1.82, 2.24) is 30.9 Å². The maximum Gasteiger partial charge on any atom is 0.253 e. The Balaban J connectivity index is 1.55. The van der Waals surface area contributed by atoms with E-state index in [4.69, 9.17) is 0 Å². The lowest BCUT2D eigenvalue weighted by atomic mass is 10.0. The van der Waals surface area contributed by atoms with Crippen molar-refractivity contribution in [2.75, 3.05) is 0 Å². The Bertz CT molecular complexity index is 971. The van der Waals surface area contributed by atoms with Gasteiger partial charge in [-0.1, -0.05) is 24.3 Å². The molecule has 1 fully saturated rings. The second kappa shape index (κ2) is 5.66. The molecule has 2 aromatic heterocycles. The van der Waals surface area contributed by atoms with E-state index in [-0.39, 0.29) is 17.0 Å². The molecule has 0 radical (unpaired) electrons. The SMILES string of the molecule is Cc1cc(C(=O)NC2(c3ccc(-c4nn[nH]n4)cc3)CC2)c[nH]c1=O. The Hall–Kier alpha value is -3.29. The van der Waals surface area contributed by atoms with E-state index in [1.165, 1.54) is 6.20 Å². The smallest absolute Gasteiger partial charge is 0.253 e.